The first-order valence-corrected chi connectivity index (χ1v) is 6.18. The van der Waals surface area contributed by atoms with E-state index in [0.29, 0.717) is 25.4 Å². The van der Waals surface area contributed by atoms with Gasteiger partial charge in [0.15, 0.2) is 0 Å². The highest BCUT2D eigenvalue weighted by Crippen LogP contribution is 1.91. The first kappa shape index (κ1) is 15.9. The van der Waals surface area contributed by atoms with E-state index in [4.69, 9.17) is 0 Å². The van der Waals surface area contributed by atoms with Crippen molar-refractivity contribution in [3.05, 3.63) is 0 Å². The molecule has 0 aromatic heterocycles. The molecule has 0 fully saturated rings. The summed E-state index contributed by atoms with van der Waals surface area (Å²) in [5.74, 6) is 0.317. The highest BCUT2D eigenvalue weighted by Gasteiger charge is 2.12. The molecule has 0 aliphatic carbocycles. The van der Waals surface area contributed by atoms with E-state index in [-0.39, 0.29) is 18.4 Å². The number of hydrogen-bond donors (Lipinski definition) is 2. The first-order valence-electron chi connectivity index (χ1n) is 6.18. The van der Waals surface area contributed by atoms with Gasteiger partial charge in [-0.05, 0) is 12.5 Å². The van der Waals surface area contributed by atoms with Crippen LogP contribution >= 0.6 is 0 Å². The van der Waals surface area contributed by atoms with Crippen LogP contribution in [0.25, 0.3) is 0 Å². The Morgan fingerprint density at radius 3 is 2.47 bits per heavy atom. The predicted octanol–water partition coefficient (Wildman–Crippen LogP) is 0.217. The second-order valence-electron chi connectivity index (χ2n) is 4.55. The van der Waals surface area contributed by atoms with E-state index in [1.807, 2.05) is 20.8 Å². The minimum Gasteiger partial charge on any atom is -0.354 e. The summed E-state index contributed by atoms with van der Waals surface area (Å²) in [5.41, 5.74) is 0. The molecule has 0 aliphatic heterocycles. The summed E-state index contributed by atoms with van der Waals surface area (Å²) in [4.78, 5) is 24.5. The van der Waals surface area contributed by atoms with E-state index >= 15 is 0 Å². The number of carbonyl (C=O) groups excluding carboxylic acids is 2. The topological polar surface area (TPSA) is 61.4 Å². The van der Waals surface area contributed by atoms with Crippen LogP contribution in [0.3, 0.4) is 0 Å². The number of nitrogens with one attached hydrogen (secondary N) is 2. The van der Waals surface area contributed by atoms with E-state index in [1.165, 1.54) is 4.90 Å². The zero-order chi connectivity index (χ0) is 13.3. The molecule has 5 nitrogen and oxygen atoms in total. The van der Waals surface area contributed by atoms with Gasteiger partial charge < -0.3 is 15.5 Å². The van der Waals surface area contributed by atoms with Crippen LogP contribution in [0.5, 0.6) is 0 Å². The molecule has 0 bridgehead atoms. The van der Waals surface area contributed by atoms with Crippen molar-refractivity contribution in [1.82, 2.24) is 15.5 Å². The molecule has 0 radical (unpaired) electrons. The summed E-state index contributed by atoms with van der Waals surface area (Å²) >= 11 is 0. The largest absolute Gasteiger partial charge is 0.354 e. The molecule has 0 saturated carbocycles. The quantitative estimate of drug-likeness (QED) is 0.599. The van der Waals surface area contributed by atoms with Gasteiger partial charge in [-0.3, -0.25) is 9.59 Å². The summed E-state index contributed by atoms with van der Waals surface area (Å²) in [6, 6.07) is 0. The molecule has 0 aromatic rings. The zero-order valence-electron chi connectivity index (χ0n) is 11.4. The summed E-state index contributed by atoms with van der Waals surface area (Å²) in [5, 5.41) is 5.87. The van der Waals surface area contributed by atoms with E-state index in [2.05, 4.69) is 10.6 Å². The maximum absolute atomic E-state index is 11.6. The SMILES string of the molecule is CCNCCC(=O)N(C)CC(=O)NCC(C)C. The fraction of sp³-hybridized carbons (Fsp3) is 0.833. The van der Waals surface area contributed by atoms with Gasteiger partial charge in [0.1, 0.15) is 0 Å². The average molecular weight is 243 g/mol. The Morgan fingerprint density at radius 1 is 1.29 bits per heavy atom. The molecule has 0 spiro atoms. The molecule has 0 rings (SSSR count). The molecular weight excluding hydrogens is 218 g/mol. The monoisotopic (exact) mass is 243 g/mol. The van der Waals surface area contributed by atoms with Gasteiger partial charge in [0.2, 0.25) is 11.8 Å². The lowest BCUT2D eigenvalue weighted by Crippen LogP contribution is -2.40. The maximum atomic E-state index is 11.6. The van der Waals surface area contributed by atoms with Crippen molar-refractivity contribution in [2.75, 3.05) is 33.2 Å². The van der Waals surface area contributed by atoms with Crippen LogP contribution in [-0.2, 0) is 9.59 Å². The Balaban J connectivity index is 3.78. The van der Waals surface area contributed by atoms with Gasteiger partial charge in [-0.15, -0.1) is 0 Å². The molecule has 17 heavy (non-hydrogen) atoms. The summed E-state index contributed by atoms with van der Waals surface area (Å²) in [6.07, 6.45) is 0.432. The molecule has 2 N–H and O–H groups in total. The molecule has 2 amide bonds. The lowest BCUT2D eigenvalue weighted by Gasteiger charge is -2.17. The number of nitrogens with zero attached hydrogens (tertiary/aromatic N) is 1. The predicted molar refractivity (Wildman–Crippen MR) is 68.6 cm³/mol. The van der Waals surface area contributed by atoms with Crippen LogP contribution in [0.4, 0.5) is 0 Å². The molecule has 0 heterocycles. The Labute approximate surface area is 104 Å². The molecule has 100 valence electrons. The minimum absolute atomic E-state index is 0.00866. The van der Waals surface area contributed by atoms with Gasteiger partial charge in [-0.1, -0.05) is 20.8 Å². The summed E-state index contributed by atoms with van der Waals surface area (Å²) in [7, 11) is 1.66. The smallest absolute Gasteiger partial charge is 0.239 e. The summed E-state index contributed by atoms with van der Waals surface area (Å²) < 4.78 is 0. The minimum atomic E-state index is -0.0991. The third-order valence-electron chi connectivity index (χ3n) is 2.28. The normalized spacial score (nSPS) is 10.4. The Kier molecular flexibility index (Phi) is 8.40. The van der Waals surface area contributed by atoms with Crippen molar-refractivity contribution in [2.24, 2.45) is 5.92 Å². The number of carbonyl (C=O) groups is 2. The van der Waals surface area contributed by atoms with Crippen molar-refractivity contribution in [3.8, 4) is 0 Å². The molecule has 0 saturated heterocycles. The standard InChI is InChI=1S/C12H25N3O2/c1-5-13-7-6-12(17)15(4)9-11(16)14-8-10(2)3/h10,13H,5-9H2,1-4H3,(H,14,16). The third kappa shape index (κ3) is 8.68. The zero-order valence-corrected chi connectivity index (χ0v) is 11.4. The van der Waals surface area contributed by atoms with Crippen LogP contribution in [-0.4, -0.2) is 49.9 Å². The Hall–Kier alpha value is -1.10. The van der Waals surface area contributed by atoms with Crippen LogP contribution < -0.4 is 10.6 Å². The number of hydrogen-bond acceptors (Lipinski definition) is 3. The van der Waals surface area contributed by atoms with Crippen molar-refractivity contribution in [2.45, 2.75) is 27.2 Å². The van der Waals surface area contributed by atoms with E-state index in [1.54, 1.807) is 7.05 Å². The lowest BCUT2D eigenvalue weighted by atomic mass is 10.2. The number of amides is 2. The van der Waals surface area contributed by atoms with Crippen LogP contribution in [0.15, 0.2) is 0 Å². The van der Waals surface area contributed by atoms with Crippen LogP contribution in [0.1, 0.15) is 27.2 Å². The van der Waals surface area contributed by atoms with Crippen molar-refractivity contribution in [1.29, 1.82) is 0 Å². The highest BCUT2D eigenvalue weighted by molar-refractivity contribution is 5.84. The molecular formula is C12H25N3O2. The van der Waals surface area contributed by atoms with E-state index in [0.717, 1.165) is 6.54 Å². The average Bonchev–Trinajstić information content (AvgIpc) is 2.26. The van der Waals surface area contributed by atoms with Gasteiger partial charge >= 0.3 is 0 Å². The van der Waals surface area contributed by atoms with E-state index in [9.17, 15) is 9.59 Å². The molecule has 0 aromatic carbocycles. The van der Waals surface area contributed by atoms with Crippen molar-refractivity contribution >= 4 is 11.8 Å². The van der Waals surface area contributed by atoms with Gasteiger partial charge in [0.25, 0.3) is 0 Å². The maximum Gasteiger partial charge on any atom is 0.239 e. The first-order chi connectivity index (χ1) is 7.97. The Bertz CT molecular complexity index is 242. The molecule has 5 heteroatoms. The van der Waals surface area contributed by atoms with Crippen LogP contribution in [0.2, 0.25) is 0 Å². The van der Waals surface area contributed by atoms with Gasteiger partial charge in [0, 0.05) is 26.6 Å². The van der Waals surface area contributed by atoms with Crippen molar-refractivity contribution in [3.63, 3.8) is 0 Å². The van der Waals surface area contributed by atoms with Crippen molar-refractivity contribution < 1.29 is 9.59 Å². The highest BCUT2D eigenvalue weighted by atomic mass is 16.2. The lowest BCUT2D eigenvalue weighted by molar-refractivity contribution is -0.134. The molecule has 0 atom stereocenters. The molecule has 0 unspecified atom stereocenters. The third-order valence-corrected chi connectivity index (χ3v) is 2.28. The second-order valence-corrected chi connectivity index (χ2v) is 4.55. The van der Waals surface area contributed by atoms with Crippen LogP contribution in [0, 0.1) is 5.92 Å². The fourth-order valence-electron chi connectivity index (χ4n) is 1.24. The molecule has 0 aliphatic rings. The number of likely N-dealkylation sites (N-methyl/N-ethyl adjacent to an activating group) is 1. The van der Waals surface area contributed by atoms with E-state index < -0.39 is 0 Å². The fourth-order valence-corrected chi connectivity index (χ4v) is 1.24. The summed E-state index contributed by atoms with van der Waals surface area (Å²) in [6.45, 7) is 8.36. The number of rotatable bonds is 8. The van der Waals surface area contributed by atoms with Gasteiger partial charge in [-0.25, -0.2) is 0 Å². The van der Waals surface area contributed by atoms with Gasteiger partial charge in [0.05, 0.1) is 6.54 Å². The Morgan fingerprint density at radius 2 is 1.94 bits per heavy atom. The second kappa shape index (κ2) is 8.98. The van der Waals surface area contributed by atoms with Gasteiger partial charge in [-0.2, -0.15) is 0 Å².